The Morgan fingerprint density at radius 2 is 1.68 bits per heavy atom. The number of hydrogen-bond acceptors (Lipinski definition) is 3. The van der Waals surface area contributed by atoms with Crippen LogP contribution in [0.5, 0.6) is 5.75 Å². The van der Waals surface area contributed by atoms with E-state index in [0.717, 1.165) is 13.1 Å². The molecule has 0 aromatic heterocycles. The molecule has 1 fully saturated rings. The van der Waals surface area contributed by atoms with Crippen LogP contribution >= 0.6 is 0 Å². The van der Waals surface area contributed by atoms with Gasteiger partial charge in [-0.25, -0.2) is 4.39 Å². The maximum atomic E-state index is 12.9. The first-order valence-corrected chi connectivity index (χ1v) is 8.58. The van der Waals surface area contributed by atoms with Crippen LogP contribution in [0.4, 0.5) is 4.39 Å². The summed E-state index contributed by atoms with van der Waals surface area (Å²) in [7, 11) is 0. The number of carbonyl (C=O) groups is 1. The Hall–Kier alpha value is -2.40. The minimum Gasteiger partial charge on any atom is -0.484 e. The van der Waals surface area contributed by atoms with Gasteiger partial charge >= 0.3 is 0 Å². The highest BCUT2D eigenvalue weighted by atomic mass is 19.1. The van der Waals surface area contributed by atoms with E-state index in [4.69, 9.17) is 4.74 Å². The molecule has 1 atom stereocenters. The fourth-order valence-electron chi connectivity index (χ4n) is 3.07. The first-order chi connectivity index (χ1) is 12.1. The van der Waals surface area contributed by atoms with Gasteiger partial charge in [-0.05, 0) is 36.8 Å². The molecular weight excluding hydrogens is 319 g/mol. The van der Waals surface area contributed by atoms with Crippen LogP contribution in [-0.4, -0.2) is 48.5 Å². The van der Waals surface area contributed by atoms with Crippen molar-refractivity contribution in [1.82, 2.24) is 9.80 Å². The summed E-state index contributed by atoms with van der Waals surface area (Å²) in [6.07, 6.45) is 0. The average molecular weight is 342 g/mol. The van der Waals surface area contributed by atoms with Crippen LogP contribution in [0.2, 0.25) is 0 Å². The lowest BCUT2D eigenvalue weighted by molar-refractivity contribution is -0.135. The molecule has 0 radical (unpaired) electrons. The van der Waals surface area contributed by atoms with E-state index >= 15 is 0 Å². The number of piperazine rings is 1. The zero-order valence-corrected chi connectivity index (χ0v) is 14.4. The third-order valence-electron chi connectivity index (χ3n) is 4.67. The second-order valence-electron chi connectivity index (χ2n) is 6.25. The first-order valence-electron chi connectivity index (χ1n) is 8.58. The van der Waals surface area contributed by atoms with Gasteiger partial charge in [0.15, 0.2) is 6.61 Å². The molecule has 1 aliphatic rings. The highest BCUT2D eigenvalue weighted by molar-refractivity contribution is 5.77. The molecule has 2 aromatic carbocycles. The van der Waals surface area contributed by atoms with E-state index in [1.165, 1.54) is 29.8 Å². The topological polar surface area (TPSA) is 32.8 Å². The molecular formula is C20H23FN2O2. The number of ether oxygens (including phenoxy) is 1. The van der Waals surface area contributed by atoms with Crippen LogP contribution in [0.15, 0.2) is 54.6 Å². The van der Waals surface area contributed by atoms with E-state index in [9.17, 15) is 9.18 Å². The number of halogens is 1. The molecule has 1 aliphatic heterocycles. The summed E-state index contributed by atoms with van der Waals surface area (Å²) < 4.78 is 18.3. The van der Waals surface area contributed by atoms with Gasteiger partial charge in [0.1, 0.15) is 11.6 Å². The smallest absolute Gasteiger partial charge is 0.260 e. The van der Waals surface area contributed by atoms with Crippen molar-refractivity contribution in [3.63, 3.8) is 0 Å². The number of nitrogens with zero attached hydrogens (tertiary/aromatic N) is 2. The summed E-state index contributed by atoms with van der Waals surface area (Å²) >= 11 is 0. The quantitative estimate of drug-likeness (QED) is 0.837. The molecule has 1 amide bonds. The monoisotopic (exact) mass is 342 g/mol. The SMILES string of the molecule is CC(c1ccccc1)N1CCN(C(=O)COc2ccc(F)cc2)CC1. The lowest BCUT2D eigenvalue weighted by atomic mass is 10.1. The Morgan fingerprint density at radius 1 is 1.04 bits per heavy atom. The predicted octanol–water partition coefficient (Wildman–Crippen LogP) is 3.11. The van der Waals surface area contributed by atoms with Gasteiger partial charge in [0.2, 0.25) is 0 Å². The van der Waals surface area contributed by atoms with Crippen molar-refractivity contribution < 1.29 is 13.9 Å². The van der Waals surface area contributed by atoms with Gasteiger partial charge < -0.3 is 9.64 Å². The summed E-state index contributed by atoms with van der Waals surface area (Å²) in [5.41, 5.74) is 1.29. The minimum atomic E-state index is -0.317. The molecule has 0 bridgehead atoms. The van der Waals surface area contributed by atoms with E-state index < -0.39 is 0 Å². The molecule has 1 unspecified atom stereocenters. The van der Waals surface area contributed by atoms with E-state index in [0.29, 0.717) is 24.9 Å². The lowest BCUT2D eigenvalue weighted by Crippen LogP contribution is -2.50. The van der Waals surface area contributed by atoms with Gasteiger partial charge in [0.25, 0.3) is 5.91 Å². The van der Waals surface area contributed by atoms with Gasteiger partial charge in [0.05, 0.1) is 0 Å². The van der Waals surface area contributed by atoms with Crippen LogP contribution in [0.1, 0.15) is 18.5 Å². The van der Waals surface area contributed by atoms with Crippen LogP contribution in [0.25, 0.3) is 0 Å². The Balaban J connectivity index is 1.46. The molecule has 0 spiro atoms. The zero-order valence-electron chi connectivity index (χ0n) is 14.4. The summed E-state index contributed by atoms with van der Waals surface area (Å²) in [4.78, 5) is 16.5. The van der Waals surface area contributed by atoms with Crippen molar-refractivity contribution in [2.24, 2.45) is 0 Å². The Bertz CT molecular complexity index is 683. The third kappa shape index (κ3) is 4.57. The first kappa shape index (κ1) is 17.4. The molecule has 3 rings (SSSR count). The molecule has 1 saturated heterocycles. The normalized spacial score (nSPS) is 16.5. The van der Waals surface area contributed by atoms with Crippen LogP contribution in [0, 0.1) is 5.82 Å². The molecule has 25 heavy (non-hydrogen) atoms. The molecule has 0 saturated carbocycles. The Kier molecular flexibility index (Phi) is 5.66. The molecule has 2 aromatic rings. The van der Waals surface area contributed by atoms with Gasteiger partial charge in [-0.2, -0.15) is 0 Å². The number of benzene rings is 2. The zero-order chi connectivity index (χ0) is 17.6. The van der Waals surface area contributed by atoms with Crippen molar-refractivity contribution in [3.05, 3.63) is 66.0 Å². The van der Waals surface area contributed by atoms with E-state index in [1.807, 2.05) is 11.0 Å². The molecule has 132 valence electrons. The summed E-state index contributed by atoms with van der Waals surface area (Å²) in [6, 6.07) is 16.5. The highest BCUT2D eigenvalue weighted by Gasteiger charge is 2.24. The number of hydrogen-bond donors (Lipinski definition) is 0. The Labute approximate surface area is 147 Å². The third-order valence-corrected chi connectivity index (χ3v) is 4.67. The molecule has 0 N–H and O–H groups in total. The maximum absolute atomic E-state index is 12.9. The largest absolute Gasteiger partial charge is 0.484 e. The van der Waals surface area contributed by atoms with E-state index in [-0.39, 0.29) is 18.3 Å². The van der Waals surface area contributed by atoms with Gasteiger partial charge in [-0.15, -0.1) is 0 Å². The molecule has 0 aliphatic carbocycles. The van der Waals surface area contributed by atoms with Crippen molar-refractivity contribution in [3.8, 4) is 5.75 Å². The second kappa shape index (κ2) is 8.12. The van der Waals surface area contributed by atoms with E-state index in [1.54, 1.807) is 0 Å². The summed E-state index contributed by atoms with van der Waals surface area (Å²) in [5, 5.41) is 0. The second-order valence-corrected chi connectivity index (χ2v) is 6.25. The fourth-order valence-corrected chi connectivity index (χ4v) is 3.07. The van der Waals surface area contributed by atoms with E-state index in [2.05, 4.69) is 36.1 Å². The van der Waals surface area contributed by atoms with Crippen molar-refractivity contribution >= 4 is 5.91 Å². The van der Waals surface area contributed by atoms with Crippen molar-refractivity contribution in [2.45, 2.75) is 13.0 Å². The van der Waals surface area contributed by atoms with Crippen LogP contribution in [0.3, 0.4) is 0 Å². The van der Waals surface area contributed by atoms with Crippen molar-refractivity contribution in [2.75, 3.05) is 32.8 Å². The lowest BCUT2D eigenvalue weighted by Gasteiger charge is -2.38. The van der Waals surface area contributed by atoms with Gasteiger partial charge in [0, 0.05) is 32.2 Å². The molecule has 1 heterocycles. The van der Waals surface area contributed by atoms with Gasteiger partial charge in [-0.1, -0.05) is 30.3 Å². The van der Waals surface area contributed by atoms with Crippen molar-refractivity contribution in [1.29, 1.82) is 0 Å². The molecule has 5 heteroatoms. The summed E-state index contributed by atoms with van der Waals surface area (Å²) in [6.45, 7) is 5.27. The number of amides is 1. The minimum absolute atomic E-state index is 0.0140. The van der Waals surface area contributed by atoms with Crippen LogP contribution in [-0.2, 0) is 4.79 Å². The summed E-state index contributed by atoms with van der Waals surface area (Å²) in [5.74, 6) is 0.157. The average Bonchev–Trinajstić information content (AvgIpc) is 2.67. The maximum Gasteiger partial charge on any atom is 0.260 e. The fraction of sp³-hybridized carbons (Fsp3) is 0.350. The number of rotatable bonds is 5. The Morgan fingerprint density at radius 3 is 2.32 bits per heavy atom. The number of carbonyl (C=O) groups excluding carboxylic acids is 1. The predicted molar refractivity (Wildman–Crippen MR) is 94.9 cm³/mol. The van der Waals surface area contributed by atoms with Crippen LogP contribution < -0.4 is 4.74 Å². The van der Waals surface area contributed by atoms with Gasteiger partial charge in [-0.3, -0.25) is 9.69 Å². The standard InChI is InChI=1S/C20H23FN2O2/c1-16(17-5-3-2-4-6-17)22-11-13-23(14-12-22)20(24)15-25-19-9-7-18(21)8-10-19/h2-10,16H,11-15H2,1H3. The molecule has 4 nitrogen and oxygen atoms in total. The highest BCUT2D eigenvalue weighted by Crippen LogP contribution is 2.21.